The molecule has 0 atom stereocenters. The van der Waals surface area contributed by atoms with Crippen LogP contribution >= 0.6 is 0 Å². The van der Waals surface area contributed by atoms with Crippen molar-refractivity contribution in [1.82, 2.24) is 9.71 Å². The van der Waals surface area contributed by atoms with Crippen LogP contribution in [0.1, 0.15) is 13.8 Å². The molecule has 1 heterocycles. The minimum absolute atomic E-state index is 0.0240. The van der Waals surface area contributed by atoms with Gasteiger partial charge in [0, 0.05) is 5.39 Å². The second-order valence-corrected chi connectivity index (χ2v) is 6.87. The van der Waals surface area contributed by atoms with Gasteiger partial charge in [-0.3, -0.25) is 4.79 Å². The topological polar surface area (TPSA) is 128 Å². The first kappa shape index (κ1) is 15.2. The minimum Gasteiger partial charge on any atom is -0.384 e. The van der Waals surface area contributed by atoms with E-state index in [0.29, 0.717) is 16.7 Å². The first-order valence-electron chi connectivity index (χ1n) is 6.12. The van der Waals surface area contributed by atoms with Gasteiger partial charge in [0.05, 0.1) is 10.4 Å². The Balaban J connectivity index is 2.45. The molecule has 2 rings (SSSR count). The third-order valence-electron chi connectivity index (χ3n) is 3.00. The number of rotatable bonds is 4. The lowest BCUT2D eigenvalue weighted by molar-refractivity contribution is -0.122. The van der Waals surface area contributed by atoms with Gasteiger partial charge in [0.2, 0.25) is 15.9 Å². The Hall–Kier alpha value is -2.19. The number of aromatic nitrogens is 1. The molecule has 0 bridgehead atoms. The molecule has 0 aliphatic heterocycles. The Kier molecular flexibility index (Phi) is 3.60. The number of pyridine rings is 1. The number of anilines is 1. The maximum Gasteiger partial charge on any atom is 0.241 e. The fourth-order valence-electron chi connectivity index (χ4n) is 1.73. The summed E-state index contributed by atoms with van der Waals surface area (Å²) in [4.78, 5) is 15.4. The number of hydrogen-bond acceptors (Lipinski definition) is 5. The van der Waals surface area contributed by atoms with Crippen LogP contribution in [0.3, 0.4) is 0 Å². The Morgan fingerprint density at radius 3 is 2.52 bits per heavy atom. The molecule has 1 amide bonds. The third kappa shape index (κ3) is 3.11. The molecule has 0 unspecified atom stereocenters. The van der Waals surface area contributed by atoms with Gasteiger partial charge in [-0.1, -0.05) is 0 Å². The van der Waals surface area contributed by atoms with Gasteiger partial charge in [0.25, 0.3) is 0 Å². The Morgan fingerprint density at radius 2 is 1.90 bits per heavy atom. The fraction of sp³-hybridized carbons (Fsp3) is 0.231. The molecule has 0 fully saturated rings. The van der Waals surface area contributed by atoms with Crippen LogP contribution in [0, 0.1) is 0 Å². The van der Waals surface area contributed by atoms with Crippen LogP contribution < -0.4 is 16.2 Å². The highest BCUT2D eigenvalue weighted by Gasteiger charge is 2.31. The Morgan fingerprint density at radius 1 is 1.24 bits per heavy atom. The molecule has 8 heteroatoms. The number of carbonyl (C=O) groups excluding carboxylic acids is 1. The lowest BCUT2D eigenvalue weighted by Crippen LogP contribution is -2.52. The quantitative estimate of drug-likeness (QED) is 0.751. The Bertz CT molecular complexity index is 815. The SMILES string of the molecule is CC(C)(NS(=O)(=O)c1ccc2nc(N)ccc2c1)C(N)=O. The predicted molar refractivity (Wildman–Crippen MR) is 79.8 cm³/mol. The maximum absolute atomic E-state index is 12.3. The van der Waals surface area contributed by atoms with Gasteiger partial charge in [-0.25, -0.2) is 13.4 Å². The summed E-state index contributed by atoms with van der Waals surface area (Å²) in [6.45, 7) is 2.80. The van der Waals surface area contributed by atoms with Gasteiger partial charge in [0.1, 0.15) is 11.4 Å². The number of sulfonamides is 1. The summed E-state index contributed by atoms with van der Waals surface area (Å²) in [5.41, 5.74) is 9.95. The highest BCUT2D eigenvalue weighted by molar-refractivity contribution is 7.89. The zero-order valence-corrected chi connectivity index (χ0v) is 12.4. The number of primary amides is 1. The molecule has 0 saturated heterocycles. The summed E-state index contributed by atoms with van der Waals surface area (Å²) in [7, 11) is -3.87. The lowest BCUT2D eigenvalue weighted by Gasteiger charge is -2.22. The molecule has 0 radical (unpaired) electrons. The van der Waals surface area contributed by atoms with Crippen LogP contribution in [-0.4, -0.2) is 24.8 Å². The molecule has 2 aromatic rings. The summed E-state index contributed by atoms with van der Waals surface area (Å²) in [6.07, 6.45) is 0. The summed E-state index contributed by atoms with van der Waals surface area (Å²) >= 11 is 0. The zero-order chi connectivity index (χ0) is 15.8. The van der Waals surface area contributed by atoms with E-state index in [1.165, 1.54) is 26.0 Å². The zero-order valence-electron chi connectivity index (χ0n) is 11.6. The molecule has 0 saturated carbocycles. The molecule has 5 N–H and O–H groups in total. The van der Waals surface area contributed by atoms with Crippen molar-refractivity contribution in [2.75, 3.05) is 5.73 Å². The van der Waals surface area contributed by atoms with Crippen molar-refractivity contribution in [3.8, 4) is 0 Å². The second kappa shape index (κ2) is 4.97. The van der Waals surface area contributed by atoms with Gasteiger partial charge in [-0.2, -0.15) is 4.72 Å². The van der Waals surface area contributed by atoms with Crippen molar-refractivity contribution >= 4 is 32.7 Å². The van der Waals surface area contributed by atoms with Crippen LogP contribution in [0.15, 0.2) is 35.2 Å². The number of nitrogens with two attached hydrogens (primary N) is 2. The number of carbonyl (C=O) groups is 1. The molecule has 1 aromatic carbocycles. The molecular formula is C13H16N4O3S. The monoisotopic (exact) mass is 308 g/mol. The molecule has 112 valence electrons. The van der Waals surface area contributed by atoms with E-state index in [9.17, 15) is 13.2 Å². The number of hydrogen-bond donors (Lipinski definition) is 3. The molecule has 0 aliphatic rings. The van der Waals surface area contributed by atoms with Gasteiger partial charge in [0.15, 0.2) is 0 Å². The maximum atomic E-state index is 12.3. The number of benzene rings is 1. The van der Waals surface area contributed by atoms with E-state index in [1.807, 2.05) is 0 Å². The van der Waals surface area contributed by atoms with E-state index in [2.05, 4.69) is 9.71 Å². The Labute approximate surface area is 122 Å². The predicted octanol–water partition coefficient (Wildman–Crippen LogP) is 0.359. The summed E-state index contributed by atoms with van der Waals surface area (Å²) in [5, 5.41) is 0.629. The van der Waals surface area contributed by atoms with E-state index in [1.54, 1.807) is 18.2 Å². The van der Waals surface area contributed by atoms with Crippen LogP contribution in [0.4, 0.5) is 5.82 Å². The molecule has 21 heavy (non-hydrogen) atoms. The standard InChI is InChI=1S/C13H16N4O3S/c1-13(2,12(15)18)17-21(19,20)9-4-5-10-8(7-9)3-6-11(14)16-10/h3-7,17H,1-2H3,(H2,14,16)(H2,15,18). The van der Waals surface area contributed by atoms with Crippen LogP contribution in [-0.2, 0) is 14.8 Å². The van der Waals surface area contributed by atoms with Crippen molar-refractivity contribution in [3.05, 3.63) is 30.3 Å². The highest BCUT2D eigenvalue weighted by Crippen LogP contribution is 2.20. The second-order valence-electron chi connectivity index (χ2n) is 5.19. The smallest absolute Gasteiger partial charge is 0.241 e. The van der Waals surface area contributed by atoms with Gasteiger partial charge < -0.3 is 11.5 Å². The highest BCUT2D eigenvalue weighted by atomic mass is 32.2. The van der Waals surface area contributed by atoms with Crippen molar-refractivity contribution in [2.45, 2.75) is 24.3 Å². The number of fused-ring (bicyclic) bond motifs is 1. The van der Waals surface area contributed by atoms with Gasteiger partial charge >= 0.3 is 0 Å². The van der Waals surface area contributed by atoms with Crippen LogP contribution in [0.2, 0.25) is 0 Å². The van der Waals surface area contributed by atoms with E-state index < -0.39 is 21.5 Å². The van der Waals surface area contributed by atoms with Crippen molar-refractivity contribution < 1.29 is 13.2 Å². The van der Waals surface area contributed by atoms with Crippen molar-refractivity contribution in [2.24, 2.45) is 5.73 Å². The molecule has 1 aromatic heterocycles. The summed E-state index contributed by atoms with van der Waals surface area (Å²) in [6, 6.07) is 7.67. The molecular weight excluding hydrogens is 292 g/mol. The van der Waals surface area contributed by atoms with E-state index in [-0.39, 0.29) is 4.90 Å². The van der Waals surface area contributed by atoms with Crippen LogP contribution in [0.25, 0.3) is 10.9 Å². The summed E-state index contributed by atoms with van der Waals surface area (Å²) in [5.74, 6) is -0.410. The van der Waals surface area contributed by atoms with Crippen molar-refractivity contribution in [3.63, 3.8) is 0 Å². The normalized spacial score (nSPS) is 12.5. The lowest BCUT2D eigenvalue weighted by atomic mass is 10.1. The first-order valence-corrected chi connectivity index (χ1v) is 7.60. The van der Waals surface area contributed by atoms with Gasteiger partial charge in [-0.15, -0.1) is 0 Å². The minimum atomic E-state index is -3.87. The average Bonchev–Trinajstić information content (AvgIpc) is 2.36. The number of nitrogen functional groups attached to an aromatic ring is 1. The summed E-state index contributed by atoms with van der Waals surface area (Å²) < 4.78 is 26.9. The molecule has 7 nitrogen and oxygen atoms in total. The van der Waals surface area contributed by atoms with Crippen molar-refractivity contribution in [1.29, 1.82) is 0 Å². The average molecular weight is 308 g/mol. The number of nitrogens with one attached hydrogen (secondary N) is 1. The number of nitrogens with zero attached hydrogens (tertiary/aromatic N) is 1. The van der Waals surface area contributed by atoms with Crippen LogP contribution in [0.5, 0.6) is 0 Å². The van der Waals surface area contributed by atoms with Gasteiger partial charge in [-0.05, 0) is 44.2 Å². The van der Waals surface area contributed by atoms with E-state index >= 15 is 0 Å². The fourth-order valence-corrected chi connectivity index (χ4v) is 3.15. The first-order chi connectivity index (χ1) is 9.62. The van der Waals surface area contributed by atoms with E-state index in [4.69, 9.17) is 11.5 Å². The molecule has 0 aliphatic carbocycles. The van der Waals surface area contributed by atoms with E-state index in [0.717, 1.165) is 0 Å². The largest absolute Gasteiger partial charge is 0.384 e. The third-order valence-corrected chi connectivity index (χ3v) is 4.65. The number of amides is 1. The molecule has 0 spiro atoms.